The minimum atomic E-state index is 0.154. The molecule has 0 aliphatic heterocycles. The third-order valence-electron chi connectivity index (χ3n) is 2.41. The van der Waals surface area contributed by atoms with Crippen molar-refractivity contribution in [2.75, 3.05) is 21.2 Å². The van der Waals surface area contributed by atoms with E-state index >= 15 is 0 Å². The Morgan fingerprint density at radius 1 is 1.33 bits per heavy atom. The van der Waals surface area contributed by atoms with E-state index in [1.165, 1.54) is 0 Å². The number of nitriles is 1. The maximum Gasteiger partial charge on any atom is 0.118 e. The number of hydrogen-bond acceptors (Lipinski definition) is 3. The maximum atomic E-state index is 8.75. The highest BCUT2D eigenvalue weighted by Gasteiger charge is 2.13. The first-order valence-electron chi connectivity index (χ1n) is 4.86. The summed E-state index contributed by atoms with van der Waals surface area (Å²) in [6, 6.07) is 10.2. The molecular weight excluding hydrogens is 188 g/mol. The summed E-state index contributed by atoms with van der Waals surface area (Å²) in [6.45, 7) is 0. The summed E-state index contributed by atoms with van der Waals surface area (Å²) in [4.78, 5) is 2.05. The number of benzene rings is 1. The van der Waals surface area contributed by atoms with Gasteiger partial charge in [0.05, 0.1) is 19.6 Å². The van der Waals surface area contributed by atoms with Gasteiger partial charge >= 0.3 is 0 Å². The molecule has 0 heterocycles. The van der Waals surface area contributed by atoms with E-state index in [1.54, 1.807) is 7.11 Å². The van der Waals surface area contributed by atoms with Crippen LogP contribution in [0.4, 0.5) is 0 Å². The van der Waals surface area contributed by atoms with Crippen molar-refractivity contribution in [3.63, 3.8) is 0 Å². The molecule has 0 saturated carbocycles. The van der Waals surface area contributed by atoms with E-state index in [9.17, 15) is 0 Å². The molecule has 0 N–H and O–H groups in total. The maximum absolute atomic E-state index is 8.75. The van der Waals surface area contributed by atoms with E-state index in [1.807, 2.05) is 43.3 Å². The second-order valence-corrected chi connectivity index (χ2v) is 3.61. The summed E-state index contributed by atoms with van der Waals surface area (Å²) in [5.74, 6) is 0.841. The zero-order chi connectivity index (χ0) is 11.3. The molecule has 80 valence electrons. The molecular formula is C12H16N2O. The molecule has 0 bridgehead atoms. The largest absolute Gasteiger partial charge is 0.497 e. The van der Waals surface area contributed by atoms with Gasteiger partial charge in [0.2, 0.25) is 0 Å². The third kappa shape index (κ3) is 2.97. The first-order chi connectivity index (χ1) is 7.19. The Kier molecular flexibility index (Phi) is 4.14. The molecule has 3 heteroatoms. The Balaban J connectivity index is 2.87. The van der Waals surface area contributed by atoms with Gasteiger partial charge in [0.1, 0.15) is 5.75 Å². The van der Waals surface area contributed by atoms with Crippen molar-refractivity contribution in [1.29, 1.82) is 5.26 Å². The van der Waals surface area contributed by atoms with Crippen molar-refractivity contribution < 1.29 is 4.74 Å². The SMILES string of the molecule is COc1ccc(C(CC#N)N(C)C)cc1. The van der Waals surface area contributed by atoms with Crippen LogP contribution >= 0.6 is 0 Å². The van der Waals surface area contributed by atoms with Crippen molar-refractivity contribution in [3.8, 4) is 11.8 Å². The summed E-state index contributed by atoms with van der Waals surface area (Å²) in [7, 11) is 5.60. The van der Waals surface area contributed by atoms with Gasteiger partial charge in [-0.2, -0.15) is 5.26 Å². The summed E-state index contributed by atoms with van der Waals surface area (Å²) in [5, 5.41) is 8.75. The smallest absolute Gasteiger partial charge is 0.118 e. The van der Waals surface area contributed by atoms with E-state index in [4.69, 9.17) is 10.00 Å². The number of methoxy groups -OCH3 is 1. The fourth-order valence-corrected chi connectivity index (χ4v) is 1.51. The molecule has 0 fully saturated rings. The molecule has 0 spiro atoms. The minimum absolute atomic E-state index is 0.154. The van der Waals surface area contributed by atoms with Crippen molar-refractivity contribution in [3.05, 3.63) is 29.8 Å². The molecule has 15 heavy (non-hydrogen) atoms. The Hall–Kier alpha value is -1.53. The molecule has 0 aromatic heterocycles. The topological polar surface area (TPSA) is 36.3 Å². The second kappa shape index (κ2) is 5.38. The highest BCUT2D eigenvalue weighted by molar-refractivity contribution is 5.29. The van der Waals surface area contributed by atoms with E-state index in [0.29, 0.717) is 6.42 Å². The first kappa shape index (κ1) is 11.5. The monoisotopic (exact) mass is 204 g/mol. The van der Waals surface area contributed by atoms with Gasteiger partial charge < -0.3 is 9.64 Å². The summed E-state index contributed by atoms with van der Waals surface area (Å²) >= 11 is 0. The van der Waals surface area contributed by atoms with Gasteiger partial charge in [-0.25, -0.2) is 0 Å². The standard InChI is InChI=1S/C12H16N2O/c1-14(2)12(8-9-13)10-4-6-11(15-3)7-5-10/h4-7,12H,8H2,1-3H3. The lowest BCUT2D eigenvalue weighted by molar-refractivity contribution is 0.303. The quantitative estimate of drug-likeness (QED) is 0.754. The minimum Gasteiger partial charge on any atom is -0.497 e. The molecule has 1 rings (SSSR count). The predicted octanol–water partition coefficient (Wildman–Crippen LogP) is 2.21. The van der Waals surface area contributed by atoms with Crippen molar-refractivity contribution in [1.82, 2.24) is 4.90 Å². The van der Waals surface area contributed by atoms with E-state index in [2.05, 4.69) is 6.07 Å². The molecule has 0 aliphatic rings. The normalized spacial score (nSPS) is 12.2. The van der Waals surface area contributed by atoms with Gasteiger partial charge in [-0.05, 0) is 31.8 Å². The van der Waals surface area contributed by atoms with Crippen LogP contribution in [0.2, 0.25) is 0 Å². The lowest BCUT2D eigenvalue weighted by Crippen LogP contribution is -2.19. The lowest BCUT2D eigenvalue weighted by atomic mass is 10.0. The van der Waals surface area contributed by atoms with Gasteiger partial charge in [0.25, 0.3) is 0 Å². The zero-order valence-electron chi connectivity index (χ0n) is 9.40. The molecule has 0 saturated heterocycles. The third-order valence-corrected chi connectivity index (χ3v) is 2.41. The summed E-state index contributed by atoms with van der Waals surface area (Å²) < 4.78 is 5.09. The van der Waals surface area contributed by atoms with Crippen LogP contribution in [-0.2, 0) is 0 Å². The number of hydrogen-bond donors (Lipinski definition) is 0. The molecule has 0 radical (unpaired) electrons. The number of nitrogens with zero attached hydrogens (tertiary/aromatic N) is 2. The molecule has 0 amide bonds. The van der Waals surface area contributed by atoms with Crippen LogP contribution in [0.5, 0.6) is 5.75 Å². The van der Waals surface area contributed by atoms with Crippen molar-refractivity contribution in [2.24, 2.45) is 0 Å². The van der Waals surface area contributed by atoms with Crippen molar-refractivity contribution in [2.45, 2.75) is 12.5 Å². The van der Waals surface area contributed by atoms with Gasteiger partial charge in [-0.15, -0.1) is 0 Å². The average molecular weight is 204 g/mol. The van der Waals surface area contributed by atoms with Crippen LogP contribution in [0.25, 0.3) is 0 Å². The zero-order valence-corrected chi connectivity index (χ0v) is 9.40. The van der Waals surface area contributed by atoms with Gasteiger partial charge in [-0.1, -0.05) is 12.1 Å². The average Bonchev–Trinajstić information content (AvgIpc) is 2.26. The molecule has 0 aliphatic carbocycles. The van der Waals surface area contributed by atoms with Gasteiger partial charge in [0, 0.05) is 6.04 Å². The van der Waals surface area contributed by atoms with Crippen molar-refractivity contribution >= 4 is 0 Å². The fraction of sp³-hybridized carbons (Fsp3) is 0.417. The van der Waals surface area contributed by atoms with E-state index in [0.717, 1.165) is 11.3 Å². The summed E-state index contributed by atoms with van der Waals surface area (Å²) in [6.07, 6.45) is 0.499. The second-order valence-electron chi connectivity index (χ2n) is 3.61. The first-order valence-corrected chi connectivity index (χ1v) is 4.86. The molecule has 1 aromatic rings. The number of rotatable bonds is 4. The van der Waals surface area contributed by atoms with Crippen LogP contribution in [0.3, 0.4) is 0 Å². The van der Waals surface area contributed by atoms with Gasteiger partial charge in [-0.3, -0.25) is 0 Å². The highest BCUT2D eigenvalue weighted by Crippen LogP contribution is 2.23. The van der Waals surface area contributed by atoms with Crippen LogP contribution < -0.4 is 4.74 Å². The van der Waals surface area contributed by atoms with E-state index < -0.39 is 0 Å². The van der Waals surface area contributed by atoms with Crippen LogP contribution in [0.1, 0.15) is 18.0 Å². The van der Waals surface area contributed by atoms with Gasteiger partial charge in [0.15, 0.2) is 0 Å². The Morgan fingerprint density at radius 3 is 2.33 bits per heavy atom. The van der Waals surface area contributed by atoms with Crippen LogP contribution in [-0.4, -0.2) is 26.1 Å². The number of ether oxygens (including phenoxy) is 1. The molecule has 1 atom stereocenters. The lowest BCUT2D eigenvalue weighted by Gasteiger charge is -2.22. The molecule has 1 unspecified atom stereocenters. The Labute approximate surface area is 90.9 Å². The predicted molar refractivity (Wildman–Crippen MR) is 59.7 cm³/mol. The van der Waals surface area contributed by atoms with Crippen LogP contribution in [0.15, 0.2) is 24.3 Å². The summed E-state index contributed by atoms with van der Waals surface area (Å²) in [5.41, 5.74) is 1.14. The fourth-order valence-electron chi connectivity index (χ4n) is 1.51. The molecule has 1 aromatic carbocycles. The molecule has 3 nitrogen and oxygen atoms in total. The Morgan fingerprint density at radius 2 is 1.93 bits per heavy atom. The van der Waals surface area contributed by atoms with E-state index in [-0.39, 0.29) is 6.04 Å². The Bertz CT molecular complexity index is 338. The highest BCUT2D eigenvalue weighted by atomic mass is 16.5. The van der Waals surface area contributed by atoms with Crippen LogP contribution in [0, 0.1) is 11.3 Å².